The number of rotatable bonds is 7. The average Bonchev–Trinajstić information content (AvgIpc) is 3.67. The maximum Gasteiger partial charge on any atom is -0.00829 e. The van der Waals surface area contributed by atoms with E-state index in [1.165, 1.54) is 103 Å². The minimum absolute atomic E-state index is 0.735. The lowest BCUT2D eigenvalue weighted by Crippen LogP contribution is -2.11. The molecule has 2 aromatic heterocycles. The van der Waals surface area contributed by atoms with E-state index in [0.29, 0.717) is 0 Å². The molecule has 4 saturated carbocycles. The monoisotopic (exact) mass is 494 g/mol. The van der Waals surface area contributed by atoms with E-state index in [2.05, 4.69) is 25.4 Å². The predicted octanol–water partition coefficient (Wildman–Crippen LogP) is 11.3. The van der Waals surface area contributed by atoms with Crippen LogP contribution in [-0.2, 0) is 0 Å². The first kappa shape index (κ1) is 23.9. The number of hydrogen-bond acceptors (Lipinski definition) is 0. The van der Waals surface area contributed by atoms with Gasteiger partial charge >= 0.3 is 0 Å². The summed E-state index contributed by atoms with van der Waals surface area (Å²) in [5.74, 6) is 10.6. The van der Waals surface area contributed by atoms with E-state index in [1.807, 2.05) is 32.8 Å². The fourth-order valence-corrected chi connectivity index (χ4v) is 12.1. The summed E-state index contributed by atoms with van der Waals surface area (Å²) in [5.41, 5.74) is 7.58. The summed E-state index contributed by atoms with van der Waals surface area (Å²) in [4.78, 5) is 0. The van der Waals surface area contributed by atoms with Crippen LogP contribution in [-0.4, -0.2) is 0 Å². The first-order valence-electron chi connectivity index (χ1n) is 15.1. The van der Waals surface area contributed by atoms with Crippen molar-refractivity contribution >= 4 is 16.4 Å². The number of hydrogen-bond donors (Lipinski definition) is 0. The van der Waals surface area contributed by atoms with Crippen LogP contribution in [0.5, 0.6) is 0 Å². The van der Waals surface area contributed by atoms with Gasteiger partial charge in [-0.1, -0.05) is 65.2 Å². The minimum atomic E-state index is 0.735. The highest BCUT2D eigenvalue weighted by Gasteiger charge is 2.34. The van der Waals surface area contributed by atoms with Crippen LogP contribution in [0.2, 0.25) is 0 Å². The highest BCUT2D eigenvalue weighted by molar-refractivity contribution is 7.31. The molecule has 0 N–H and O–H groups in total. The zero-order valence-electron chi connectivity index (χ0n) is 21.9. The van der Waals surface area contributed by atoms with Gasteiger partial charge in [0, 0.05) is 0 Å². The van der Waals surface area contributed by atoms with Crippen molar-refractivity contribution in [2.24, 2.45) is 0 Å². The smallest absolute Gasteiger partial charge is 0.00829 e. The van der Waals surface area contributed by atoms with Gasteiger partial charge in [0.1, 0.15) is 0 Å². The molecule has 6 rings (SSSR count). The molecule has 0 saturated heterocycles. The van der Waals surface area contributed by atoms with Crippen molar-refractivity contribution < 1.29 is 0 Å². The minimum Gasteiger partial charge on any atom is -0.136 e. The zero-order valence-corrected chi connectivity index (χ0v) is 23.9. The largest absolute Gasteiger partial charge is 0.136 e. The highest BCUT2D eigenvalue weighted by atomic mass is 31.0. The van der Waals surface area contributed by atoms with Crippen molar-refractivity contribution in [3.8, 4) is 0 Å². The second-order valence-corrected chi connectivity index (χ2v) is 14.9. The molecule has 4 unspecified atom stereocenters. The highest BCUT2D eigenvalue weighted by Crippen LogP contribution is 2.55. The SMILES string of the molecule is CC(c1[pH]cc(C2CCCC2)c1C1CCCC1)C(C)c1[pH]cc(C2CCCC2)c1C1CCCC1. The predicted molar refractivity (Wildman–Crippen MR) is 154 cm³/mol. The van der Waals surface area contributed by atoms with Gasteiger partial charge in [-0.05, 0) is 131 Å². The van der Waals surface area contributed by atoms with E-state index in [1.54, 1.807) is 0 Å². The van der Waals surface area contributed by atoms with Gasteiger partial charge in [-0.15, -0.1) is 16.4 Å². The second kappa shape index (κ2) is 10.5. The summed E-state index contributed by atoms with van der Waals surface area (Å²) >= 11 is 0. The standard InChI is InChI=1S/C32H48P2/c1-21(31-29(25-15-7-8-16-25)27(19-33-31)23-11-3-4-12-23)22(2)32-30(26-17-9-10-18-26)28(20-34-32)24-13-5-6-14-24/h19-26,33-34H,3-18H2,1-2H3. The molecule has 4 atom stereocenters. The van der Waals surface area contributed by atoms with E-state index in [9.17, 15) is 0 Å². The van der Waals surface area contributed by atoms with Gasteiger partial charge in [0.2, 0.25) is 0 Å². The average molecular weight is 495 g/mol. The van der Waals surface area contributed by atoms with Crippen molar-refractivity contribution in [1.82, 2.24) is 0 Å². The Labute approximate surface area is 212 Å². The van der Waals surface area contributed by atoms with Crippen LogP contribution in [0, 0.1) is 0 Å². The van der Waals surface area contributed by atoms with Crippen molar-refractivity contribution in [3.63, 3.8) is 0 Å². The fraction of sp³-hybridized carbons (Fsp3) is 0.750. The topological polar surface area (TPSA) is 0 Å². The lowest BCUT2D eigenvalue weighted by molar-refractivity contribution is 0.595. The molecule has 0 spiro atoms. The summed E-state index contributed by atoms with van der Waals surface area (Å²) in [6.07, 6.45) is 23.5. The van der Waals surface area contributed by atoms with Crippen molar-refractivity contribution in [2.75, 3.05) is 0 Å². The molecule has 0 nitrogen and oxygen atoms in total. The van der Waals surface area contributed by atoms with E-state index >= 15 is 0 Å². The molecule has 0 bridgehead atoms. The third-order valence-electron chi connectivity index (χ3n) is 10.7. The summed E-state index contributed by atoms with van der Waals surface area (Å²) in [5, 5.41) is 3.83. The Hall–Kier alpha value is -0.440. The van der Waals surface area contributed by atoms with Crippen molar-refractivity contribution in [1.29, 1.82) is 0 Å². The van der Waals surface area contributed by atoms with Crippen molar-refractivity contribution in [2.45, 2.75) is 152 Å². The van der Waals surface area contributed by atoms with Crippen LogP contribution in [0.25, 0.3) is 0 Å². The zero-order chi connectivity index (χ0) is 23.1. The summed E-state index contributed by atoms with van der Waals surface area (Å²) in [6.45, 7) is 5.29. The Morgan fingerprint density at radius 1 is 0.500 bits per heavy atom. The molecule has 0 radical (unpaired) electrons. The van der Waals surface area contributed by atoms with Crippen LogP contribution < -0.4 is 0 Å². The molecule has 4 aliphatic rings. The summed E-state index contributed by atoms with van der Waals surface area (Å²) < 4.78 is 0. The Kier molecular flexibility index (Phi) is 7.39. The second-order valence-electron chi connectivity index (χ2n) is 12.6. The third kappa shape index (κ3) is 4.43. The molecule has 2 aromatic rings. The molecule has 0 aromatic carbocycles. The van der Waals surface area contributed by atoms with Gasteiger partial charge in [-0.2, -0.15) is 0 Å². The van der Waals surface area contributed by atoms with E-state index in [4.69, 9.17) is 0 Å². The Morgan fingerprint density at radius 3 is 1.12 bits per heavy atom. The molecule has 186 valence electrons. The first-order chi connectivity index (χ1) is 16.7. The molecule has 2 heterocycles. The Morgan fingerprint density at radius 2 is 0.794 bits per heavy atom. The van der Waals surface area contributed by atoms with Crippen molar-refractivity contribution in [3.05, 3.63) is 44.4 Å². The summed E-state index contributed by atoms with van der Waals surface area (Å²) in [7, 11) is 1.97. The summed E-state index contributed by atoms with van der Waals surface area (Å²) in [6, 6.07) is 0. The molecule has 4 fully saturated rings. The fourth-order valence-electron chi connectivity index (χ4n) is 8.68. The normalized spacial score (nSPS) is 25.6. The molecule has 0 aliphatic heterocycles. The van der Waals surface area contributed by atoms with E-state index in [0.717, 1.165) is 51.9 Å². The van der Waals surface area contributed by atoms with Crippen LogP contribution in [0.3, 0.4) is 0 Å². The molecule has 34 heavy (non-hydrogen) atoms. The maximum atomic E-state index is 2.76. The Bertz CT molecular complexity index is 862. The van der Waals surface area contributed by atoms with Crippen LogP contribution in [0.15, 0.2) is 11.6 Å². The van der Waals surface area contributed by atoms with Crippen LogP contribution in [0.4, 0.5) is 0 Å². The van der Waals surface area contributed by atoms with Crippen LogP contribution in [0.1, 0.15) is 185 Å². The van der Waals surface area contributed by atoms with E-state index in [-0.39, 0.29) is 0 Å². The first-order valence-corrected chi connectivity index (χ1v) is 17.3. The van der Waals surface area contributed by atoms with Gasteiger partial charge in [-0.3, -0.25) is 0 Å². The molecule has 0 amide bonds. The van der Waals surface area contributed by atoms with Gasteiger partial charge in [0.15, 0.2) is 0 Å². The third-order valence-corrected chi connectivity index (χ3v) is 13.7. The van der Waals surface area contributed by atoms with E-state index < -0.39 is 0 Å². The van der Waals surface area contributed by atoms with Gasteiger partial charge in [0.25, 0.3) is 0 Å². The van der Waals surface area contributed by atoms with Crippen LogP contribution >= 0.6 is 16.4 Å². The van der Waals surface area contributed by atoms with Gasteiger partial charge in [0.05, 0.1) is 0 Å². The van der Waals surface area contributed by atoms with Gasteiger partial charge < -0.3 is 0 Å². The molecule has 2 heteroatoms. The molecular formula is C32H48P2. The van der Waals surface area contributed by atoms with Gasteiger partial charge in [-0.25, -0.2) is 0 Å². The molecule has 4 aliphatic carbocycles. The molecular weight excluding hydrogens is 446 g/mol. The lowest BCUT2D eigenvalue weighted by Gasteiger charge is -2.27. The maximum absolute atomic E-state index is 2.76. The lowest BCUT2D eigenvalue weighted by atomic mass is 9.79. The quantitative estimate of drug-likeness (QED) is 0.359. The Balaban J connectivity index is 1.35.